The van der Waals surface area contributed by atoms with E-state index in [-0.39, 0.29) is 38.3 Å². The first-order valence-electron chi connectivity index (χ1n) is 3.61. The van der Waals surface area contributed by atoms with Crippen LogP contribution in [0.4, 0.5) is 0 Å². The van der Waals surface area contributed by atoms with Crippen LogP contribution < -0.4 is 0 Å². The first-order valence-corrected chi connectivity index (χ1v) is 5.01. The predicted molar refractivity (Wildman–Crippen MR) is 69.3 cm³/mol. The molecule has 0 atom stereocenters. The van der Waals surface area contributed by atoms with Crippen LogP contribution in [0.1, 0.15) is 39.5 Å². The topological polar surface area (TPSA) is 295 Å². The lowest BCUT2D eigenvalue weighted by Gasteiger charge is -1.86. The molecule has 12 heteroatoms. The summed E-state index contributed by atoms with van der Waals surface area (Å²) >= 11 is 0. The Morgan fingerprint density at radius 2 is 0.778 bits per heavy atom. The van der Waals surface area contributed by atoms with Crippen LogP contribution in [0.15, 0.2) is 0 Å². The van der Waals surface area contributed by atoms with Gasteiger partial charge in [0.25, 0.3) is 0 Å². The van der Waals surface area contributed by atoms with E-state index in [1.165, 1.54) is 25.7 Å². The van der Waals surface area contributed by atoms with E-state index in [2.05, 4.69) is 13.8 Å². The van der Waals surface area contributed by atoms with E-state index < -0.39 is 10.4 Å². The lowest BCUT2D eigenvalue weighted by Crippen LogP contribution is -1.89. The van der Waals surface area contributed by atoms with Crippen molar-refractivity contribution in [3.63, 3.8) is 0 Å². The van der Waals surface area contributed by atoms with E-state index in [9.17, 15) is 0 Å². The Bertz CT molecular complexity index is 145. The molecule has 0 saturated carbocycles. The Balaban J connectivity index is -0.00000000931. The van der Waals surface area contributed by atoms with Crippen molar-refractivity contribution in [1.29, 1.82) is 0 Å². The minimum absolute atomic E-state index is 0. The molecule has 11 nitrogen and oxygen atoms in total. The van der Waals surface area contributed by atoms with Gasteiger partial charge in [0.2, 0.25) is 0 Å². The van der Waals surface area contributed by atoms with Gasteiger partial charge in [-0.3, -0.25) is 9.11 Å². The van der Waals surface area contributed by atoms with Gasteiger partial charge in [-0.1, -0.05) is 39.5 Å². The Hall–Kier alpha value is -0.410. The van der Waals surface area contributed by atoms with Gasteiger partial charge in [-0.15, -0.1) is 0 Å². The van der Waals surface area contributed by atoms with E-state index in [0.717, 1.165) is 0 Å². The van der Waals surface area contributed by atoms with Gasteiger partial charge in [0.1, 0.15) is 0 Å². The highest BCUT2D eigenvalue weighted by atomic mass is 32.3. The quantitative estimate of drug-likeness (QED) is 0.390. The van der Waals surface area contributed by atoms with Gasteiger partial charge >= 0.3 is 10.4 Å². The monoisotopic (exact) mass is 310 g/mol. The van der Waals surface area contributed by atoms with Crippen molar-refractivity contribution in [2.75, 3.05) is 0 Å². The molecule has 0 rings (SSSR count). The number of hydrogen-bond acceptors (Lipinski definition) is 2. The SMILES string of the molecule is CCCCCC.O.O.O.O.O.O.O.O=S(=O)(O)O. The molecule has 18 heavy (non-hydrogen) atoms. The lowest BCUT2D eigenvalue weighted by molar-refractivity contribution is 0.381. The smallest absolute Gasteiger partial charge is 0.394 e. The summed E-state index contributed by atoms with van der Waals surface area (Å²) in [6.45, 7) is 4.46. The standard InChI is InChI=1S/C6H14.H2O4S.7H2O/c1-3-5-6-4-2;1-5(2,3)4;;;;;;;/h3-6H2,1-2H3;(H2,1,2,3,4);7*1H2. The maximum absolute atomic E-state index is 8.74. The van der Waals surface area contributed by atoms with E-state index in [4.69, 9.17) is 17.5 Å². The Labute approximate surface area is 107 Å². The fraction of sp³-hybridized carbons (Fsp3) is 1.00. The van der Waals surface area contributed by atoms with Crippen LogP contribution in [0, 0.1) is 0 Å². The molecule has 0 spiro atoms. The summed E-state index contributed by atoms with van der Waals surface area (Å²) in [7, 11) is -4.67. The summed E-state index contributed by atoms with van der Waals surface area (Å²) in [5, 5.41) is 0. The van der Waals surface area contributed by atoms with Crippen molar-refractivity contribution < 1.29 is 55.9 Å². The molecule has 16 N–H and O–H groups in total. The minimum atomic E-state index is -4.67. The van der Waals surface area contributed by atoms with Crippen LogP contribution in [0.2, 0.25) is 0 Å². The van der Waals surface area contributed by atoms with Gasteiger partial charge in [-0.2, -0.15) is 8.42 Å². The largest absolute Gasteiger partial charge is 0.412 e. The fourth-order valence-corrected chi connectivity index (χ4v) is 0.500. The van der Waals surface area contributed by atoms with E-state index in [1.54, 1.807) is 0 Å². The zero-order chi connectivity index (χ0) is 9.33. The van der Waals surface area contributed by atoms with Crippen molar-refractivity contribution in [1.82, 2.24) is 0 Å². The highest BCUT2D eigenvalue weighted by Crippen LogP contribution is 1.95. The second kappa shape index (κ2) is 43.8. The van der Waals surface area contributed by atoms with Crippen molar-refractivity contribution in [2.24, 2.45) is 0 Å². The molecular formula is C6H30O11S. The van der Waals surface area contributed by atoms with Crippen molar-refractivity contribution >= 4 is 10.4 Å². The number of rotatable bonds is 3. The average molecular weight is 310 g/mol. The molecule has 126 valence electrons. The van der Waals surface area contributed by atoms with Crippen molar-refractivity contribution in [3.05, 3.63) is 0 Å². The molecule has 0 aliphatic heterocycles. The Morgan fingerprint density at radius 3 is 0.833 bits per heavy atom. The fourth-order valence-electron chi connectivity index (χ4n) is 0.500. The molecule has 0 radical (unpaired) electrons. The van der Waals surface area contributed by atoms with Crippen LogP contribution >= 0.6 is 0 Å². The maximum Gasteiger partial charge on any atom is 0.394 e. The molecule has 0 saturated heterocycles. The first kappa shape index (κ1) is 65.6. The normalized spacial score (nSPS) is 6.22. The molecule has 0 aromatic rings. The Kier molecular flexibility index (Phi) is 160. The van der Waals surface area contributed by atoms with Crippen molar-refractivity contribution in [3.8, 4) is 0 Å². The highest BCUT2D eigenvalue weighted by molar-refractivity contribution is 7.79. The number of hydrogen-bond donors (Lipinski definition) is 2. The summed E-state index contributed by atoms with van der Waals surface area (Å²) in [5.74, 6) is 0. The van der Waals surface area contributed by atoms with Crippen LogP contribution in [0.3, 0.4) is 0 Å². The molecular weight excluding hydrogens is 280 g/mol. The molecule has 0 amide bonds. The summed E-state index contributed by atoms with van der Waals surface area (Å²) < 4.78 is 31.6. The van der Waals surface area contributed by atoms with Gasteiger partial charge in [-0.05, 0) is 0 Å². The molecule has 0 fully saturated rings. The summed E-state index contributed by atoms with van der Waals surface area (Å²) in [5.41, 5.74) is 0. The van der Waals surface area contributed by atoms with Gasteiger partial charge in [0, 0.05) is 0 Å². The third kappa shape index (κ3) is 495. The summed E-state index contributed by atoms with van der Waals surface area (Å²) in [6.07, 6.45) is 5.54. The molecule has 0 heterocycles. The summed E-state index contributed by atoms with van der Waals surface area (Å²) in [6, 6.07) is 0. The van der Waals surface area contributed by atoms with Crippen LogP contribution in [-0.4, -0.2) is 55.9 Å². The summed E-state index contributed by atoms with van der Waals surface area (Å²) in [4.78, 5) is 0. The van der Waals surface area contributed by atoms with Crippen LogP contribution in [0.25, 0.3) is 0 Å². The van der Waals surface area contributed by atoms with Crippen LogP contribution in [0.5, 0.6) is 0 Å². The third-order valence-corrected chi connectivity index (χ3v) is 0.957. The van der Waals surface area contributed by atoms with Gasteiger partial charge < -0.3 is 38.3 Å². The molecule has 0 unspecified atom stereocenters. The van der Waals surface area contributed by atoms with Gasteiger partial charge in [-0.25, -0.2) is 0 Å². The molecule has 0 aliphatic rings. The van der Waals surface area contributed by atoms with Gasteiger partial charge in [0.15, 0.2) is 0 Å². The average Bonchev–Trinajstić information content (AvgIpc) is 1.79. The second-order valence-electron chi connectivity index (χ2n) is 2.15. The van der Waals surface area contributed by atoms with Crippen molar-refractivity contribution in [2.45, 2.75) is 39.5 Å². The molecule has 0 aromatic heterocycles. The first-order chi connectivity index (χ1) is 4.91. The number of unbranched alkanes of at least 4 members (excludes halogenated alkanes) is 3. The van der Waals surface area contributed by atoms with Crippen LogP contribution in [-0.2, 0) is 10.4 Å². The third-order valence-electron chi connectivity index (χ3n) is 0.957. The van der Waals surface area contributed by atoms with Gasteiger partial charge in [0.05, 0.1) is 0 Å². The molecule has 0 aromatic carbocycles. The van der Waals surface area contributed by atoms with E-state index in [1.807, 2.05) is 0 Å². The Morgan fingerprint density at radius 1 is 0.667 bits per heavy atom. The van der Waals surface area contributed by atoms with E-state index in [0.29, 0.717) is 0 Å². The zero-order valence-corrected chi connectivity index (χ0v) is 11.3. The molecule has 0 aliphatic carbocycles. The maximum atomic E-state index is 8.74. The molecule has 0 bridgehead atoms. The zero-order valence-electron chi connectivity index (χ0n) is 10.4. The lowest BCUT2D eigenvalue weighted by atomic mass is 10.2. The predicted octanol–water partition coefficient (Wildman–Crippen LogP) is -3.84. The second-order valence-corrected chi connectivity index (χ2v) is 3.05. The van der Waals surface area contributed by atoms with E-state index >= 15 is 0 Å². The minimum Gasteiger partial charge on any atom is -0.412 e. The highest BCUT2D eigenvalue weighted by Gasteiger charge is 1.84.